The maximum atomic E-state index is 14.9. The van der Waals surface area contributed by atoms with Gasteiger partial charge in [0.25, 0.3) is 0 Å². The zero-order valence-corrected chi connectivity index (χ0v) is 23.0. The number of hydrogen-bond acceptors (Lipinski definition) is 7. The molecule has 1 fully saturated rings. The lowest BCUT2D eigenvalue weighted by Crippen LogP contribution is -2.49. The Balaban J connectivity index is 1.67. The lowest BCUT2D eigenvalue weighted by atomic mass is 9.95. The van der Waals surface area contributed by atoms with E-state index in [2.05, 4.69) is 21.5 Å². The van der Waals surface area contributed by atoms with Gasteiger partial charge in [-0.3, -0.25) is 9.36 Å². The number of imidazole rings is 1. The fraction of sp³-hybridized carbons (Fsp3) is 0.333. The number of aromatic nitrogens is 4. The van der Waals surface area contributed by atoms with Crippen LogP contribution in [-0.4, -0.2) is 76.0 Å². The lowest BCUT2D eigenvalue weighted by molar-refractivity contribution is -0.137. The van der Waals surface area contributed by atoms with E-state index in [4.69, 9.17) is 4.74 Å². The van der Waals surface area contributed by atoms with Crippen LogP contribution in [0.3, 0.4) is 0 Å². The fourth-order valence-electron chi connectivity index (χ4n) is 5.70. The number of carbonyl (C=O) groups is 1. The number of halogens is 4. The molecule has 0 unspecified atom stereocenters. The maximum absolute atomic E-state index is 14.9. The second-order valence-corrected chi connectivity index (χ2v) is 11.0. The van der Waals surface area contributed by atoms with Crippen molar-refractivity contribution in [2.45, 2.75) is 17.1 Å². The van der Waals surface area contributed by atoms with Crippen molar-refractivity contribution in [3.63, 3.8) is 0 Å². The quantitative estimate of drug-likeness (QED) is 0.265. The van der Waals surface area contributed by atoms with E-state index in [1.54, 1.807) is 9.80 Å². The number of alkyl halides is 3. The largest absolute Gasteiger partial charge is 0.417 e. The Kier molecular flexibility index (Phi) is 6.88. The van der Waals surface area contributed by atoms with Crippen molar-refractivity contribution < 1.29 is 27.1 Å². The van der Waals surface area contributed by atoms with Gasteiger partial charge in [-0.25, -0.2) is 14.0 Å². The number of amides is 1. The molecule has 42 heavy (non-hydrogen) atoms. The van der Waals surface area contributed by atoms with Crippen molar-refractivity contribution in [2.75, 3.05) is 50.5 Å². The molecule has 2 aliphatic heterocycles. The number of hydrogen-bond donors (Lipinski definition) is 2. The van der Waals surface area contributed by atoms with E-state index >= 15 is 0 Å². The molecule has 1 amide bonds. The molecule has 2 aliphatic rings. The van der Waals surface area contributed by atoms with Gasteiger partial charge < -0.3 is 24.5 Å². The number of fused-ring (bicyclic) bond motifs is 1. The molecule has 0 bridgehead atoms. The Bertz CT molecular complexity index is 1870. The van der Waals surface area contributed by atoms with Gasteiger partial charge in [0.05, 0.1) is 29.2 Å². The predicted octanol–water partition coefficient (Wildman–Crippen LogP) is 3.52. The van der Waals surface area contributed by atoms with Gasteiger partial charge in [-0.15, -0.1) is 11.8 Å². The number of carbonyl (C=O) groups excluding carboxylic acids is 1. The van der Waals surface area contributed by atoms with Crippen molar-refractivity contribution >= 4 is 45.4 Å². The molecule has 0 aliphatic carbocycles. The third kappa shape index (κ3) is 4.47. The number of H-pyrrole nitrogens is 2. The molecule has 4 aromatic rings. The van der Waals surface area contributed by atoms with E-state index in [0.717, 1.165) is 23.9 Å². The van der Waals surface area contributed by atoms with Crippen LogP contribution < -0.4 is 16.3 Å². The van der Waals surface area contributed by atoms with Crippen molar-refractivity contribution in [3.05, 3.63) is 63.2 Å². The molecule has 0 radical (unpaired) electrons. The molecule has 2 N–H and O–H groups in total. The summed E-state index contributed by atoms with van der Waals surface area (Å²) in [6, 6.07) is 2.63. The summed E-state index contributed by atoms with van der Waals surface area (Å²) in [5.41, 5.74) is -2.90. The molecule has 1 atom stereocenters. The number of thioether (sulfide) groups is 1. The predicted molar refractivity (Wildman–Crippen MR) is 150 cm³/mol. The number of nitrogens with zero attached hydrogens (tertiary/aromatic N) is 4. The minimum Gasteiger partial charge on any atom is -0.383 e. The Morgan fingerprint density at radius 2 is 1.90 bits per heavy atom. The van der Waals surface area contributed by atoms with Crippen LogP contribution in [0.2, 0.25) is 0 Å². The highest BCUT2D eigenvalue weighted by molar-refractivity contribution is 7.99. The minimum atomic E-state index is -4.87. The molecule has 2 aromatic heterocycles. The average molecular weight is 605 g/mol. The molecule has 2 aromatic carbocycles. The summed E-state index contributed by atoms with van der Waals surface area (Å²) in [5, 5.41) is 0.110. The molecule has 220 valence electrons. The van der Waals surface area contributed by atoms with E-state index in [9.17, 15) is 31.9 Å². The third-order valence-corrected chi connectivity index (χ3v) is 8.80. The second kappa shape index (κ2) is 10.3. The van der Waals surface area contributed by atoms with Crippen LogP contribution in [0.15, 0.2) is 45.3 Å². The van der Waals surface area contributed by atoms with Gasteiger partial charge in [-0.1, -0.05) is 6.58 Å². The van der Waals surface area contributed by atoms with E-state index < -0.39 is 35.0 Å². The molecule has 0 spiro atoms. The number of anilines is 1. The van der Waals surface area contributed by atoms with Gasteiger partial charge in [-0.05, 0) is 24.3 Å². The van der Waals surface area contributed by atoms with Crippen LogP contribution in [-0.2, 0) is 15.7 Å². The summed E-state index contributed by atoms with van der Waals surface area (Å²) in [4.78, 5) is 50.1. The fourth-order valence-corrected chi connectivity index (χ4v) is 7.02. The van der Waals surface area contributed by atoms with E-state index in [1.165, 1.54) is 23.8 Å². The minimum absolute atomic E-state index is 0.0411. The van der Waals surface area contributed by atoms with Crippen molar-refractivity contribution in [2.24, 2.45) is 0 Å². The van der Waals surface area contributed by atoms with Crippen LogP contribution >= 0.6 is 11.8 Å². The van der Waals surface area contributed by atoms with Gasteiger partial charge in [0.15, 0.2) is 0 Å². The molecular weight excluding hydrogens is 580 g/mol. The summed E-state index contributed by atoms with van der Waals surface area (Å²) >= 11 is 1.13. The molecule has 4 heterocycles. The van der Waals surface area contributed by atoms with Gasteiger partial charge in [0, 0.05) is 60.5 Å². The van der Waals surface area contributed by atoms with Crippen LogP contribution in [0.1, 0.15) is 11.6 Å². The Hall–Kier alpha value is -4.11. The smallest absolute Gasteiger partial charge is 0.383 e. The van der Waals surface area contributed by atoms with Gasteiger partial charge in [0.1, 0.15) is 17.2 Å². The van der Waals surface area contributed by atoms with Crippen LogP contribution in [0.5, 0.6) is 0 Å². The first-order valence-electron chi connectivity index (χ1n) is 12.9. The standard InChI is InChI=1S/C27H24F4N6O4S/c1-3-18(38)35-6-8-36(9-7-35)24-15-10-16(27(29,30)31)19(14-4-5-17(28)21-20(14)32-25(39)33-21)23-22(15)37(26(40)34-24)13(11-41-2)12-42-23/h3-5,10,13H,1,6-9,11-12H2,2H3,(H2,32,33,39)/t13-/m0/s1. The van der Waals surface area contributed by atoms with Gasteiger partial charge >= 0.3 is 17.6 Å². The number of benzene rings is 2. The number of piperazine rings is 1. The number of rotatable bonds is 5. The van der Waals surface area contributed by atoms with E-state index in [0.29, 0.717) is 0 Å². The number of methoxy groups -OCH3 is 1. The molecule has 15 heteroatoms. The van der Waals surface area contributed by atoms with Crippen molar-refractivity contribution in [3.8, 4) is 11.1 Å². The number of nitrogens with one attached hydrogen (secondary N) is 2. The molecular formula is C27H24F4N6O4S. The zero-order valence-electron chi connectivity index (χ0n) is 22.2. The van der Waals surface area contributed by atoms with Crippen LogP contribution in [0, 0.1) is 5.82 Å². The normalized spacial score (nSPS) is 17.3. The average Bonchev–Trinajstić information content (AvgIpc) is 3.37. The summed E-state index contributed by atoms with van der Waals surface area (Å²) in [6.07, 6.45) is -3.67. The van der Waals surface area contributed by atoms with Gasteiger partial charge in [0.2, 0.25) is 5.91 Å². The Morgan fingerprint density at radius 3 is 2.57 bits per heavy atom. The van der Waals surface area contributed by atoms with E-state index in [1.807, 2.05) is 0 Å². The van der Waals surface area contributed by atoms with Crippen molar-refractivity contribution in [1.82, 2.24) is 24.4 Å². The molecule has 1 saturated heterocycles. The topological polar surface area (TPSA) is 116 Å². The first kappa shape index (κ1) is 28.0. The first-order valence-corrected chi connectivity index (χ1v) is 13.9. The van der Waals surface area contributed by atoms with Gasteiger partial charge in [-0.2, -0.15) is 18.2 Å². The Morgan fingerprint density at radius 1 is 1.19 bits per heavy atom. The van der Waals surface area contributed by atoms with Crippen LogP contribution in [0.4, 0.5) is 23.4 Å². The monoisotopic (exact) mass is 604 g/mol. The summed E-state index contributed by atoms with van der Waals surface area (Å²) < 4.78 is 65.9. The molecule has 0 saturated carbocycles. The first-order chi connectivity index (χ1) is 20.0. The Labute approximate surface area is 239 Å². The molecule has 10 nitrogen and oxygen atoms in total. The number of ether oxygens (including phenoxy) is 1. The third-order valence-electron chi connectivity index (χ3n) is 7.56. The summed E-state index contributed by atoms with van der Waals surface area (Å²) in [7, 11) is 1.46. The second-order valence-electron chi connectivity index (χ2n) is 9.97. The highest BCUT2D eigenvalue weighted by atomic mass is 32.2. The summed E-state index contributed by atoms with van der Waals surface area (Å²) in [5.74, 6) is -0.786. The zero-order chi connectivity index (χ0) is 29.9. The van der Waals surface area contributed by atoms with Crippen molar-refractivity contribution in [1.29, 1.82) is 0 Å². The number of aromatic amines is 2. The summed E-state index contributed by atoms with van der Waals surface area (Å²) in [6.45, 7) is 4.62. The lowest BCUT2D eigenvalue weighted by Gasteiger charge is -2.36. The highest BCUT2D eigenvalue weighted by Crippen LogP contribution is 2.50. The highest BCUT2D eigenvalue weighted by Gasteiger charge is 2.40. The van der Waals surface area contributed by atoms with Crippen LogP contribution in [0.25, 0.3) is 33.1 Å². The van der Waals surface area contributed by atoms with E-state index in [-0.39, 0.29) is 88.2 Å². The molecule has 6 rings (SSSR count). The maximum Gasteiger partial charge on any atom is 0.417 e. The SMILES string of the molecule is C=CC(=O)N1CCN(c2nc(=O)n3c4c(c(-c5ccc(F)c6[nH]c(=O)[nH]c56)c(C(F)(F)F)cc24)SC[C@@H]3COC)CC1.